The number of hydrogen-bond acceptors (Lipinski definition) is 3. The molecule has 78 valence electrons. The Balaban J connectivity index is 2.26. The maximum atomic E-state index is 6.04. The maximum Gasteiger partial charge on any atom is 0.159 e. The lowest BCUT2D eigenvalue weighted by molar-refractivity contribution is -0.0544. The van der Waals surface area contributed by atoms with Gasteiger partial charge in [-0.25, -0.2) is 0 Å². The van der Waals surface area contributed by atoms with E-state index in [0.717, 1.165) is 6.42 Å². The lowest BCUT2D eigenvalue weighted by Crippen LogP contribution is -2.35. The fourth-order valence-electron chi connectivity index (χ4n) is 1.47. The van der Waals surface area contributed by atoms with Gasteiger partial charge < -0.3 is 15.2 Å². The predicted octanol–water partition coefficient (Wildman–Crippen LogP) is 1.37. The van der Waals surface area contributed by atoms with Gasteiger partial charge in [0.1, 0.15) is 0 Å². The molecule has 1 heterocycles. The van der Waals surface area contributed by atoms with Gasteiger partial charge in [-0.2, -0.15) is 0 Å². The van der Waals surface area contributed by atoms with E-state index in [1.54, 1.807) is 0 Å². The minimum absolute atomic E-state index is 0.0591. The molecule has 2 unspecified atom stereocenters. The molecule has 1 fully saturated rings. The molecule has 1 rings (SSSR count). The monoisotopic (exact) mass is 187 g/mol. The molecule has 0 radical (unpaired) electrons. The quantitative estimate of drug-likeness (QED) is 0.723. The highest BCUT2D eigenvalue weighted by Gasteiger charge is 2.23. The Kier molecular flexibility index (Phi) is 4.16. The molecular weight excluding hydrogens is 166 g/mol. The summed E-state index contributed by atoms with van der Waals surface area (Å²) < 4.78 is 10.7. The van der Waals surface area contributed by atoms with Crippen LogP contribution >= 0.6 is 0 Å². The Hall–Kier alpha value is -0.120. The average molecular weight is 187 g/mol. The Labute approximate surface area is 80.6 Å². The Morgan fingerprint density at radius 2 is 1.77 bits per heavy atom. The van der Waals surface area contributed by atoms with Gasteiger partial charge in [0, 0.05) is 12.5 Å². The van der Waals surface area contributed by atoms with E-state index < -0.39 is 0 Å². The van der Waals surface area contributed by atoms with Gasteiger partial charge in [0.05, 0.1) is 13.2 Å². The fraction of sp³-hybridized carbons (Fsp3) is 1.00. The molecule has 2 N–H and O–H groups in total. The minimum Gasteiger partial charge on any atom is -0.350 e. The van der Waals surface area contributed by atoms with E-state index in [9.17, 15) is 0 Å². The van der Waals surface area contributed by atoms with Crippen molar-refractivity contribution in [1.29, 1.82) is 0 Å². The van der Waals surface area contributed by atoms with Crippen molar-refractivity contribution in [1.82, 2.24) is 0 Å². The maximum absolute atomic E-state index is 6.04. The summed E-state index contributed by atoms with van der Waals surface area (Å²) in [4.78, 5) is 0. The van der Waals surface area contributed by atoms with Crippen molar-refractivity contribution in [3.8, 4) is 0 Å². The topological polar surface area (TPSA) is 44.5 Å². The minimum atomic E-state index is -0.0591. The van der Waals surface area contributed by atoms with Crippen molar-refractivity contribution in [3.63, 3.8) is 0 Å². The molecule has 0 bridgehead atoms. The molecule has 0 amide bonds. The lowest BCUT2D eigenvalue weighted by atomic mass is 9.89. The molecule has 0 aromatic heterocycles. The van der Waals surface area contributed by atoms with E-state index in [2.05, 4.69) is 20.8 Å². The smallest absolute Gasteiger partial charge is 0.159 e. The first kappa shape index (κ1) is 11.0. The van der Waals surface area contributed by atoms with Crippen molar-refractivity contribution in [2.75, 3.05) is 13.2 Å². The molecule has 1 saturated heterocycles. The lowest BCUT2D eigenvalue weighted by Gasteiger charge is -2.24. The van der Waals surface area contributed by atoms with Gasteiger partial charge in [0.15, 0.2) is 6.29 Å². The average Bonchev–Trinajstić information content (AvgIpc) is 2.55. The molecule has 0 saturated carbocycles. The van der Waals surface area contributed by atoms with Crippen LogP contribution in [0, 0.1) is 11.8 Å². The summed E-state index contributed by atoms with van der Waals surface area (Å²) in [7, 11) is 0. The Morgan fingerprint density at radius 1 is 1.23 bits per heavy atom. The third kappa shape index (κ3) is 3.25. The Bertz CT molecular complexity index is 144. The number of hydrogen-bond donors (Lipinski definition) is 1. The summed E-state index contributed by atoms with van der Waals surface area (Å²) in [5.41, 5.74) is 6.04. The number of nitrogens with two attached hydrogens (primary N) is 1. The molecule has 13 heavy (non-hydrogen) atoms. The van der Waals surface area contributed by atoms with Gasteiger partial charge in [0.25, 0.3) is 0 Å². The van der Waals surface area contributed by atoms with Crippen molar-refractivity contribution in [2.24, 2.45) is 17.6 Å². The molecule has 0 aromatic carbocycles. The summed E-state index contributed by atoms with van der Waals surface area (Å²) in [6.45, 7) is 8.01. The van der Waals surface area contributed by atoms with Crippen molar-refractivity contribution >= 4 is 0 Å². The van der Waals surface area contributed by atoms with E-state index >= 15 is 0 Å². The third-order valence-electron chi connectivity index (χ3n) is 2.88. The molecule has 1 aliphatic rings. The molecule has 1 aliphatic heterocycles. The van der Waals surface area contributed by atoms with E-state index in [4.69, 9.17) is 15.2 Å². The van der Waals surface area contributed by atoms with Crippen LogP contribution in [0.2, 0.25) is 0 Å². The van der Waals surface area contributed by atoms with Crippen LogP contribution in [0.5, 0.6) is 0 Å². The van der Waals surface area contributed by atoms with E-state index in [-0.39, 0.29) is 12.3 Å². The van der Waals surface area contributed by atoms with Crippen LogP contribution in [-0.4, -0.2) is 25.5 Å². The van der Waals surface area contributed by atoms with Crippen LogP contribution in [-0.2, 0) is 9.47 Å². The van der Waals surface area contributed by atoms with Gasteiger partial charge in [0.2, 0.25) is 0 Å². The second-order valence-corrected chi connectivity index (χ2v) is 4.17. The van der Waals surface area contributed by atoms with Crippen molar-refractivity contribution in [2.45, 2.75) is 39.5 Å². The highest BCUT2D eigenvalue weighted by molar-refractivity contribution is 4.74. The van der Waals surface area contributed by atoms with Crippen LogP contribution in [0.1, 0.15) is 27.2 Å². The summed E-state index contributed by atoms with van der Waals surface area (Å²) in [5.74, 6) is 1.14. The second kappa shape index (κ2) is 4.94. The standard InChI is InChI=1S/C10H21NO2/c1-7(2)8(3)9(11)6-10-12-4-5-13-10/h7-10H,4-6,11H2,1-3H3. The normalized spacial score (nSPS) is 23.8. The zero-order valence-corrected chi connectivity index (χ0v) is 8.82. The summed E-state index contributed by atoms with van der Waals surface area (Å²) in [6, 6.07) is 0.183. The van der Waals surface area contributed by atoms with Gasteiger partial charge >= 0.3 is 0 Å². The van der Waals surface area contributed by atoms with Crippen molar-refractivity contribution in [3.05, 3.63) is 0 Å². The van der Waals surface area contributed by atoms with E-state index in [0.29, 0.717) is 25.0 Å². The molecule has 3 heteroatoms. The second-order valence-electron chi connectivity index (χ2n) is 4.17. The van der Waals surface area contributed by atoms with Gasteiger partial charge in [-0.1, -0.05) is 20.8 Å². The van der Waals surface area contributed by atoms with Crippen LogP contribution in [0.25, 0.3) is 0 Å². The number of rotatable bonds is 4. The van der Waals surface area contributed by atoms with E-state index in [1.807, 2.05) is 0 Å². The zero-order chi connectivity index (χ0) is 9.84. The zero-order valence-electron chi connectivity index (χ0n) is 8.82. The SMILES string of the molecule is CC(C)C(C)C(N)CC1OCCO1. The summed E-state index contributed by atoms with van der Waals surface area (Å²) >= 11 is 0. The summed E-state index contributed by atoms with van der Waals surface area (Å²) in [6.07, 6.45) is 0.760. The molecule has 0 aromatic rings. The molecular formula is C10H21NO2. The predicted molar refractivity (Wildman–Crippen MR) is 52.3 cm³/mol. The van der Waals surface area contributed by atoms with Gasteiger partial charge in [-0.05, 0) is 11.8 Å². The first-order valence-corrected chi connectivity index (χ1v) is 5.10. The van der Waals surface area contributed by atoms with Crippen LogP contribution in [0.3, 0.4) is 0 Å². The number of ether oxygens (including phenoxy) is 2. The molecule has 3 nitrogen and oxygen atoms in total. The highest BCUT2D eigenvalue weighted by atomic mass is 16.7. The highest BCUT2D eigenvalue weighted by Crippen LogP contribution is 2.19. The first-order valence-electron chi connectivity index (χ1n) is 5.10. The molecule has 0 aliphatic carbocycles. The largest absolute Gasteiger partial charge is 0.350 e. The third-order valence-corrected chi connectivity index (χ3v) is 2.88. The van der Waals surface area contributed by atoms with Gasteiger partial charge in [-0.3, -0.25) is 0 Å². The summed E-state index contributed by atoms with van der Waals surface area (Å²) in [5, 5.41) is 0. The molecule has 0 spiro atoms. The van der Waals surface area contributed by atoms with Gasteiger partial charge in [-0.15, -0.1) is 0 Å². The van der Waals surface area contributed by atoms with E-state index in [1.165, 1.54) is 0 Å². The first-order chi connectivity index (χ1) is 6.11. The van der Waals surface area contributed by atoms with Crippen LogP contribution < -0.4 is 5.73 Å². The van der Waals surface area contributed by atoms with Crippen LogP contribution in [0.15, 0.2) is 0 Å². The van der Waals surface area contributed by atoms with Crippen molar-refractivity contribution < 1.29 is 9.47 Å². The van der Waals surface area contributed by atoms with Crippen LogP contribution in [0.4, 0.5) is 0 Å². The Morgan fingerprint density at radius 3 is 2.23 bits per heavy atom. The molecule has 2 atom stereocenters. The fourth-order valence-corrected chi connectivity index (χ4v) is 1.47.